The molecule has 0 radical (unpaired) electrons. The van der Waals surface area contributed by atoms with Gasteiger partial charge in [0.1, 0.15) is 0 Å². The topological polar surface area (TPSA) is 80.9 Å². The molecule has 4 saturated carbocycles. The van der Waals surface area contributed by atoms with Crippen LogP contribution in [0.4, 0.5) is 0 Å². The zero-order chi connectivity index (χ0) is 25.5. The minimum Gasteiger partial charge on any atom is -0.393 e. The fourth-order valence-corrected chi connectivity index (χ4v) is 10.3. The summed E-state index contributed by atoms with van der Waals surface area (Å²) in [6.45, 7) is 17.6. The molecule has 4 aliphatic carbocycles. The zero-order valence-electron chi connectivity index (χ0n) is 23.1. The number of fused-ring (bicyclic) bond motifs is 5. The fourth-order valence-electron chi connectivity index (χ4n) is 10.3. The Labute approximate surface area is 208 Å². The van der Waals surface area contributed by atoms with Gasteiger partial charge in [-0.25, -0.2) is 0 Å². The van der Waals surface area contributed by atoms with Crippen molar-refractivity contribution in [1.29, 1.82) is 0 Å². The Morgan fingerprint density at radius 2 is 1.56 bits per heavy atom. The number of allylic oxidation sites excluding steroid dienone is 2. The lowest BCUT2D eigenvalue weighted by Gasteiger charge is -2.70. The Bertz CT molecular complexity index is 828. The summed E-state index contributed by atoms with van der Waals surface area (Å²) in [5, 5.41) is 46.4. The molecule has 34 heavy (non-hydrogen) atoms. The molecule has 0 aromatic heterocycles. The van der Waals surface area contributed by atoms with Crippen molar-refractivity contribution < 1.29 is 20.4 Å². The van der Waals surface area contributed by atoms with Crippen molar-refractivity contribution in [2.24, 2.45) is 39.4 Å². The van der Waals surface area contributed by atoms with E-state index in [9.17, 15) is 20.4 Å². The van der Waals surface area contributed by atoms with Crippen molar-refractivity contribution in [2.75, 3.05) is 0 Å². The Morgan fingerprint density at radius 1 is 0.912 bits per heavy atom. The lowest BCUT2D eigenvalue weighted by atomic mass is 9.35. The van der Waals surface area contributed by atoms with Gasteiger partial charge in [0.25, 0.3) is 0 Å². The maximum atomic E-state index is 12.2. The van der Waals surface area contributed by atoms with Crippen LogP contribution in [-0.4, -0.2) is 43.8 Å². The van der Waals surface area contributed by atoms with E-state index >= 15 is 0 Å². The summed E-state index contributed by atoms with van der Waals surface area (Å²) in [4.78, 5) is 0. The fraction of sp³-hybridized carbons (Fsp3) is 0.933. The van der Waals surface area contributed by atoms with E-state index in [0.717, 1.165) is 38.5 Å². The normalized spacial score (nSPS) is 51.6. The molecule has 4 nitrogen and oxygen atoms in total. The number of hydrogen-bond acceptors (Lipinski definition) is 4. The van der Waals surface area contributed by atoms with Crippen LogP contribution in [0.15, 0.2) is 11.6 Å². The highest BCUT2D eigenvalue weighted by Crippen LogP contribution is 2.76. The molecule has 4 N–H and O–H groups in total. The third-order valence-electron chi connectivity index (χ3n) is 12.5. The SMILES string of the molecule is CC(C)=CCCC(C)(O)C1(O)CC[C@]2(C)C1[C@H](O)CC1[C@@]3(C)CC[C@@H](O)C(C)(C)C3CC[C@]12C. The van der Waals surface area contributed by atoms with Crippen molar-refractivity contribution >= 4 is 0 Å². The van der Waals surface area contributed by atoms with Gasteiger partial charge in [-0.05, 0) is 112 Å². The summed E-state index contributed by atoms with van der Waals surface area (Å²) in [6.07, 6.45) is 8.50. The molecule has 4 heteroatoms. The molecule has 0 heterocycles. The van der Waals surface area contributed by atoms with Crippen molar-refractivity contribution in [3.63, 3.8) is 0 Å². The summed E-state index contributed by atoms with van der Waals surface area (Å²) in [5.74, 6) is 0.451. The number of aliphatic hydroxyl groups is 4. The maximum absolute atomic E-state index is 12.2. The molecular formula is C30H52O4. The van der Waals surface area contributed by atoms with Crippen LogP contribution >= 0.6 is 0 Å². The van der Waals surface area contributed by atoms with Gasteiger partial charge in [-0.3, -0.25) is 0 Å². The molecule has 0 spiro atoms. The number of rotatable bonds is 4. The quantitative estimate of drug-likeness (QED) is 0.397. The van der Waals surface area contributed by atoms with Crippen molar-refractivity contribution in [3.05, 3.63) is 11.6 Å². The van der Waals surface area contributed by atoms with E-state index in [1.165, 1.54) is 5.57 Å². The van der Waals surface area contributed by atoms with E-state index in [1.807, 2.05) is 0 Å². The Morgan fingerprint density at radius 3 is 2.18 bits per heavy atom. The summed E-state index contributed by atoms with van der Waals surface area (Å²) in [7, 11) is 0. The Kier molecular flexibility index (Phi) is 6.30. The Balaban J connectivity index is 1.71. The van der Waals surface area contributed by atoms with Crippen LogP contribution in [0, 0.1) is 39.4 Å². The highest BCUT2D eigenvalue weighted by molar-refractivity contribution is 5.24. The van der Waals surface area contributed by atoms with Crippen LogP contribution in [0.2, 0.25) is 0 Å². The minimum atomic E-state index is -1.29. The van der Waals surface area contributed by atoms with Gasteiger partial charge >= 0.3 is 0 Å². The van der Waals surface area contributed by atoms with Crippen molar-refractivity contribution in [2.45, 2.75) is 137 Å². The molecule has 0 aromatic rings. The van der Waals surface area contributed by atoms with Crippen LogP contribution in [0.5, 0.6) is 0 Å². The first-order valence-electron chi connectivity index (χ1n) is 13.9. The minimum absolute atomic E-state index is 0.0129. The monoisotopic (exact) mass is 476 g/mol. The third-order valence-corrected chi connectivity index (χ3v) is 12.5. The molecule has 4 aliphatic rings. The molecule has 0 aliphatic heterocycles. The van der Waals surface area contributed by atoms with E-state index in [-0.39, 0.29) is 33.7 Å². The standard InChI is InChI=1S/C30H52O4/c1-19(2)10-9-13-29(8,33)30(34)17-16-28(7)24(30)20(31)18-22-26(5)14-12-23(32)25(3,4)21(26)11-15-27(22,28)6/h10,20-24,31-34H,9,11-18H2,1-8H3/t20-,21?,22?,23-,24?,26+,27-,28-,29?,30?/m1/s1. The average Bonchev–Trinajstić information content (AvgIpc) is 3.02. The van der Waals surface area contributed by atoms with Crippen molar-refractivity contribution in [1.82, 2.24) is 0 Å². The van der Waals surface area contributed by atoms with E-state index in [2.05, 4.69) is 54.5 Å². The second-order valence-electron chi connectivity index (χ2n) is 14.7. The predicted molar refractivity (Wildman–Crippen MR) is 137 cm³/mol. The van der Waals surface area contributed by atoms with Crippen LogP contribution in [0.3, 0.4) is 0 Å². The van der Waals surface area contributed by atoms with E-state index in [1.54, 1.807) is 6.92 Å². The first kappa shape index (κ1) is 26.6. The second-order valence-corrected chi connectivity index (χ2v) is 14.7. The average molecular weight is 477 g/mol. The lowest BCUT2D eigenvalue weighted by Crippen LogP contribution is -2.69. The third kappa shape index (κ3) is 3.37. The number of aliphatic hydroxyl groups excluding tert-OH is 2. The van der Waals surface area contributed by atoms with Gasteiger partial charge in [0, 0.05) is 5.92 Å². The van der Waals surface area contributed by atoms with Crippen LogP contribution in [0.25, 0.3) is 0 Å². The van der Waals surface area contributed by atoms with Gasteiger partial charge in [-0.15, -0.1) is 0 Å². The van der Waals surface area contributed by atoms with Crippen molar-refractivity contribution in [3.8, 4) is 0 Å². The first-order chi connectivity index (χ1) is 15.5. The van der Waals surface area contributed by atoms with Crippen LogP contribution in [-0.2, 0) is 0 Å². The van der Waals surface area contributed by atoms with E-state index in [4.69, 9.17) is 0 Å². The molecule has 5 unspecified atom stereocenters. The molecule has 4 fully saturated rings. The number of hydrogen-bond donors (Lipinski definition) is 4. The highest BCUT2D eigenvalue weighted by atomic mass is 16.4. The highest BCUT2D eigenvalue weighted by Gasteiger charge is 2.74. The zero-order valence-corrected chi connectivity index (χ0v) is 23.1. The molecule has 0 amide bonds. The van der Waals surface area contributed by atoms with Crippen LogP contribution < -0.4 is 0 Å². The van der Waals surface area contributed by atoms with Gasteiger partial charge in [0.2, 0.25) is 0 Å². The van der Waals surface area contributed by atoms with Gasteiger partial charge in [0.15, 0.2) is 0 Å². The molecule has 0 saturated heterocycles. The first-order valence-corrected chi connectivity index (χ1v) is 13.9. The van der Waals surface area contributed by atoms with Gasteiger partial charge in [-0.2, -0.15) is 0 Å². The summed E-state index contributed by atoms with van der Waals surface area (Å²) in [5.41, 5.74) is -1.62. The molecule has 4 rings (SSSR count). The summed E-state index contributed by atoms with van der Waals surface area (Å²) >= 11 is 0. The van der Waals surface area contributed by atoms with E-state index in [0.29, 0.717) is 31.1 Å². The maximum Gasteiger partial charge on any atom is 0.0988 e. The predicted octanol–water partition coefficient (Wildman–Crippen LogP) is 5.62. The molecule has 0 bridgehead atoms. The van der Waals surface area contributed by atoms with Gasteiger partial charge < -0.3 is 20.4 Å². The Hall–Kier alpha value is -0.420. The summed E-state index contributed by atoms with van der Waals surface area (Å²) in [6, 6.07) is 0. The molecule has 196 valence electrons. The van der Waals surface area contributed by atoms with Crippen LogP contribution in [0.1, 0.15) is 113 Å². The van der Waals surface area contributed by atoms with Gasteiger partial charge in [-0.1, -0.05) is 46.3 Å². The smallest absolute Gasteiger partial charge is 0.0988 e. The molecule has 0 aromatic carbocycles. The summed E-state index contributed by atoms with van der Waals surface area (Å²) < 4.78 is 0. The lowest BCUT2D eigenvalue weighted by molar-refractivity contribution is -0.271. The van der Waals surface area contributed by atoms with Gasteiger partial charge in [0.05, 0.1) is 23.4 Å². The largest absolute Gasteiger partial charge is 0.393 e. The molecular weight excluding hydrogens is 424 g/mol. The van der Waals surface area contributed by atoms with E-state index < -0.39 is 17.3 Å². The molecule has 10 atom stereocenters. The second kappa shape index (κ2) is 8.04.